The van der Waals surface area contributed by atoms with Gasteiger partial charge in [-0.1, -0.05) is 12.1 Å². The molecule has 35 heavy (non-hydrogen) atoms. The molecule has 1 saturated heterocycles. The summed E-state index contributed by atoms with van der Waals surface area (Å²) in [6.45, 7) is 4.34. The fourth-order valence-electron chi connectivity index (χ4n) is 4.17. The van der Waals surface area contributed by atoms with Crippen molar-refractivity contribution in [2.75, 3.05) is 26.7 Å². The largest absolute Gasteiger partial charge is 0.417 e. The Hall–Kier alpha value is -3.66. The number of H-pyrrole nitrogens is 1. The lowest BCUT2D eigenvalue weighted by Crippen LogP contribution is -2.50. The zero-order valence-electron chi connectivity index (χ0n) is 19.4. The Morgan fingerprint density at radius 2 is 2.11 bits per heavy atom. The summed E-state index contributed by atoms with van der Waals surface area (Å²) in [4.78, 5) is 35.2. The van der Waals surface area contributed by atoms with E-state index in [0.29, 0.717) is 31.3 Å². The van der Waals surface area contributed by atoms with Gasteiger partial charge in [0.2, 0.25) is 5.56 Å². The fraction of sp³-hybridized carbons (Fsp3) is 0.320. The third kappa shape index (κ3) is 5.71. The number of rotatable bonds is 4. The predicted molar refractivity (Wildman–Crippen MR) is 126 cm³/mol. The zero-order valence-corrected chi connectivity index (χ0v) is 19.4. The van der Waals surface area contributed by atoms with Crippen LogP contribution in [0, 0.1) is 0 Å². The van der Waals surface area contributed by atoms with Crippen LogP contribution in [0.3, 0.4) is 0 Å². The van der Waals surface area contributed by atoms with Gasteiger partial charge in [-0.3, -0.25) is 14.6 Å². The SMILES string of the molecule is C[C@H]1CN(C2=CCC(=Cc3cccnc3)C=C2NC(=O)c2c[nH]c(=O)cc2C(F)(F)F)CCN1C. The van der Waals surface area contributed by atoms with Crippen LogP contribution in [-0.4, -0.2) is 58.4 Å². The van der Waals surface area contributed by atoms with E-state index in [2.05, 4.69) is 32.0 Å². The van der Waals surface area contributed by atoms with Crippen molar-refractivity contribution in [3.63, 3.8) is 0 Å². The standard InChI is InChI=1S/C25H26F3N5O2/c1-16-15-33(9-8-32(16)2)22-6-5-17(10-18-4-3-7-29-13-18)11-21(22)31-24(35)19-14-30-23(34)12-20(19)25(26,27)28/h3-4,6-7,10-14,16H,5,8-9,15H2,1-2H3,(H,30,34)(H,31,35)/t16-/m0/s1. The van der Waals surface area contributed by atoms with Gasteiger partial charge in [-0.2, -0.15) is 13.2 Å². The average molecular weight is 486 g/mol. The van der Waals surface area contributed by atoms with Crippen molar-refractivity contribution in [1.29, 1.82) is 0 Å². The van der Waals surface area contributed by atoms with Crippen LogP contribution in [0.15, 0.2) is 70.7 Å². The van der Waals surface area contributed by atoms with E-state index in [1.807, 2.05) is 31.3 Å². The van der Waals surface area contributed by atoms with E-state index in [9.17, 15) is 22.8 Å². The van der Waals surface area contributed by atoms with Crippen molar-refractivity contribution < 1.29 is 18.0 Å². The van der Waals surface area contributed by atoms with Gasteiger partial charge >= 0.3 is 6.18 Å². The minimum absolute atomic E-state index is 0.268. The predicted octanol–water partition coefficient (Wildman–Crippen LogP) is 3.41. The van der Waals surface area contributed by atoms with E-state index < -0.39 is 28.8 Å². The van der Waals surface area contributed by atoms with Gasteiger partial charge in [0.05, 0.1) is 22.5 Å². The summed E-state index contributed by atoms with van der Waals surface area (Å²) in [5, 5.41) is 2.68. The minimum Gasteiger partial charge on any atom is -0.367 e. The van der Waals surface area contributed by atoms with Gasteiger partial charge in [-0.15, -0.1) is 0 Å². The van der Waals surface area contributed by atoms with Crippen LogP contribution in [0.25, 0.3) is 6.08 Å². The fourth-order valence-corrected chi connectivity index (χ4v) is 4.17. The first kappa shape index (κ1) is 24.5. The molecule has 184 valence electrons. The van der Waals surface area contributed by atoms with Crippen molar-refractivity contribution >= 4 is 12.0 Å². The Bertz CT molecular complexity index is 1250. The average Bonchev–Trinajstić information content (AvgIpc) is 2.81. The molecule has 3 heterocycles. The first-order valence-corrected chi connectivity index (χ1v) is 11.2. The third-order valence-electron chi connectivity index (χ3n) is 6.20. The van der Waals surface area contributed by atoms with Crippen molar-refractivity contribution in [3.05, 3.63) is 93.0 Å². The molecule has 1 aliphatic heterocycles. The molecule has 1 fully saturated rings. The van der Waals surface area contributed by atoms with E-state index in [1.165, 1.54) is 0 Å². The lowest BCUT2D eigenvalue weighted by atomic mass is 9.99. The van der Waals surface area contributed by atoms with Gasteiger partial charge < -0.3 is 20.1 Å². The highest BCUT2D eigenvalue weighted by Crippen LogP contribution is 2.32. The number of piperazine rings is 1. The van der Waals surface area contributed by atoms with Crippen LogP contribution in [0.2, 0.25) is 0 Å². The Balaban J connectivity index is 1.68. The highest BCUT2D eigenvalue weighted by Gasteiger charge is 2.36. The van der Waals surface area contributed by atoms with Crippen molar-refractivity contribution in [2.24, 2.45) is 0 Å². The topological polar surface area (TPSA) is 81.3 Å². The van der Waals surface area contributed by atoms with Gasteiger partial charge in [0.15, 0.2) is 0 Å². The van der Waals surface area contributed by atoms with Gasteiger partial charge in [0, 0.05) is 50.3 Å². The number of hydrogen-bond donors (Lipinski definition) is 2. The summed E-state index contributed by atoms with van der Waals surface area (Å²) in [7, 11) is 2.04. The molecule has 1 aliphatic carbocycles. The second-order valence-corrected chi connectivity index (χ2v) is 8.71. The van der Waals surface area contributed by atoms with Crippen LogP contribution in [0.4, 0.5) is 13.2 Å². The monoisotopic (exact) mass is 485 g/mol. The van der Waals surface area contributed by atoms with Crippen LogP contribution in [0.1, 0.15) is 34.8 Å². The number of nitrogens with zero attached hydrogens (tertiary/aromatic N) is 3. The van der Waals surface area contributed by atoms with Crippen molar-refractivity contribution in [3.8, 4) is 0 Å². The number of hydrogen-bond acceptors (Lipinski definition) is 5. The first-order valence-electron chi connectivity index (χ1n) is 11.2. The lowest BCUT2D eigenvalue weighted by Gasteiger charge is -2.41. The molecule has 0 spiro atoms. The van der Waals surface area contributed by atoms with Gasteiger partial charge in [-0.05, 0) is 49.7 Å². The minimum atomic E-state index is -4.85. The molecule has 2 aromatic rings. The second-order valence-electron chi connectivity index (χ2n) is 8.71. The lowest BCUT2D eigenvalue weighted by molar-refractivity contribution is -0.138. The number of nitrogens with one attached hydrogen (secondary N) is 2. The van der Waals surface area contributed by atoms with E-state index in [1.54, 1.807) is 18.5 Å². The van der Waals surface area contributed by atoms with Crippen LogP contribution < -0.4 is 10.9 Å². The number of allylic oxidation sites excluding steroid dienone is 3. The number of carbonyl (C=O) groups excluding carboxylic acids is 1. The number of pyridine rings is 2. The molecular weight excluding hydrogens is 459 g/mol. The maximum Gasteiger partial charge on any atom is 0.417 e. The van der Waals surface area contributed by atoms with Crippen molar-refractivity contribution in [2.45, 2.75) is 25.6 Å². The van der Waals surface area contributed by atoms with Gasteiger partial charge in [0.25, 0.3) is 5.91 Å². The van der Waals surface area contributed by atoms with E-state index in [-0.39, 0.29) is 6.04 Å². The maximum absolute atomic E-state index is 13.5. The van der Waals surface area contributed by atoms with E-state index in [0.717, 1.165) is 29.6 Å². The zero-order chi connectivity index (χ0) is 25.2. The molecule has 2 aromatic heterocycles. The Kier molecular flexibility index (Phi) is 6.93. The summed E-state index contributed by atoms with van der Waals surface area (Å²) in [5.41, 5.74) is 0.0604. The van der Waals surface area contributed by atoms with Crippen LogP contribution in [0.5, 0.6) is 0 Å². The Labute approximate surface area is 200 Å². The number of alkyl halides is 3. The first-order chi connectivity index (χ1) is 16.6. The highest BCUT2D eigenvalue weighted by atomic mass is 19.4. The summed E-state index contributed by atoms with van der Waals surface area (Å²) in [6.07, 6.45) is 5.60. The quantitative estimate of drug-likeness (QED) is 0.694. The molecule has 4 rings (SSSR count). The highest BCUT2D eigenvalue weighted by molar-refractivity contribution is 5.97. The third-order valence-corrected chi connectivity index (χ3v) is 6.20. The van der Waals surface area contributed by atoms with Gasteiger partial charge in [-0.25, -0.2) is 0 Å². The number of amides is 1. The molecule has 7 nitrogen and oxygen atoms in total. The second kappa shape index (κ2) is 9.91. The summed E-state index contributed by atoms with van der Waals surface area (Å²) in [5.74, 6) is -0.949. The molecule has 0 aromatic carbocycles. The molecule has 0 bridgehead atoms. The maximum atomic E-state index is 13.5. The molecule has 2 N–H and O–H groups in total. The van der Waals surface area contributed by atoms with E-state index in [4.69, 9.17) is 0 Å². The van der Waals surface area contributed by atoms with Crippen LogP contribution >= 0.6 is 0 Å². The van der Waals surface area contributed by atoms with Gasteiger partial charge in [0.1, 0.15) is 0 Å². The van der Waals surface area contributed by atoms with E-state index >= 15 is 0 Å². The van der Waals surface area contributed by atoms with Crippen LogP contribution in [-0.2, 0) is 6.18 Å². The Morgan fingerprint density at radius 3 is 2.80 bits per heavy atom. The summed E-state index contributed by atoms with van der Waals surface area (Å²) >= 11 is 0. The normalized spacial score (nSPS) is 20.4. The molecule has 2 aliphatic rings. The molecule has 1 amide bonds. The summed E-state index contributed by atoms with van der Waals surface area (Å²) in [6, 6.07) is 4.37. The number of likely N-dealkylation sites (N-methyl/N-ethyl adjacent to an activating group) is 1. The molecule has 0 saturated carbocycles. The number of halogens is 3. The number of aromatic amines is 1. The number of aromatic nitrogens is 2. The smallest absolute Gasteiger partial charge is 0.367 e. The molecular formula is C25H26F3N5O2. The molecule has 1 atom stereocenters. The molecule has 10 heteroatoms. The summed E-state index contributed by atoms with van der Waals surface area (Å²) < 4.78 is 40.6. The Morgan fingerprint density at radius 1 is 1.31 bits per heavy atom. The van der Waals surface area contributed by atoms with Crippen molar-refractivity contribution in [1.82, 2.24) is 25.1 Å². The number of carbonyl (C=O) groups is 1. The molecule has 0 unspecified atom stereocenters. The molecule has 0 radical (unpaired) electrons.